The number of para-hydroxylation sites is 1. The van der Waals surface area contributed by atoms with Crippen molar-refractivity contribution < 1.29 is 9.59 Å². The Balaban J connectivity index is 1.55. The van der Waals surface area contributed by atoms with E-state index in [1.54, 1.807) is 4.90 Å². The lowest BCUT2D eigenvalue weighted by molar-refractivity contribution is -0.120. The molecule has 3 heterocycles. The molecular weight excluding hydrogens is 398 g/mol. The van der Waals surface area contributed by atoms with E-state index in [0.29, 0.717) is 12.1 Å². The molecule has 0 unspecified atom stereocenters. The molecule has 0 bridgehead atoms. The van der Waals surface area contributed by atoms with Gasteiger partial charge < -0.3 is 4.98 Å². The molecule has 4 aromatic rings. The smallest absolute Gasteiger partial charge is 0.332 e. The zero-order valence-corrected chi connectivity index (χ0v) is 18.0. The number of carbonyl (C=O) groups is 2. The van der Waals surface area contributed by atoms with Crippen LogP contribution in [0.4, 0.5) is 10.5 Å². The molecule has 5 nitrogen and oxygen atoms in total. The highest BCUT2D eigenvalue weighted by molar-refractivity contribution is 6.22. The van der Waals surface area contributed by atoms with Crippen LogP contribution in [0.2, 0.25) is 0 Å². The van der Waals surface area contributed by atoms with Gasteiger partial charge in [0, 0.05) is 23.0 Å². The summed E-state index contributed by atoms with van der Waals surface area (Å²) in [5.41, 5.74) is 6.96. The minimum absolute atomic E-state index is 0.159. The Hall–Kier alpha value is -3.86. The van der Waals surface area contributed by atoms with Crippen molar-refractivity contribution in [1.29, 1.82) is 0 Å². The molecule has 3 aromatic carbocycles. The van der Waals surface area contributed by atoms with Gasteiger partial charge in [0.05, 0.1) is 5.69 Å². The summed E-state index contributed by atoms with van der Waals surface area (Å²) in [4.78, 5) is 34.1. The second-order valence-electron chi connectivity index (χ2n) is 8.80. The first-order chi connectivity index (χ1) is 15.5. The second kappa shape index (κ2) is 6.82. The zero-order valence-electron chi connectivity index (χ0n) is 18.0. The third-order valence-corrected chi connectivity index (χ3v) is 6.70. The van der Waals surface area contributed by atoms with Crippen molar-refractivity contribution in [3.63, 3.8) is 0 Å². The van der Waals surface area contributed by atoms with E-state index in [1.165, 1.54) is 4.90 Å². The monoisotopic (exact) mass is 421 g/mol. The molecule has 3 amide bonds. The topological polar surface area (TPSA) is 56.4 Å². The Morgan fingerprint density at radius 1 is 0.875 bits per heavy atom. The van der Waals surface area contributed by atoms with Crippen molar-refractivity contribution in [3.05, 3.63) is 101 Å². The highest BCUT2D eigenvalue weighted by Crippen LogP contribution is 2.44. The third kappa shape index (κ3) is 2.64. The largest absolute Gasteiger partial charge is 0.356 e. The summed E-state index contributed by atoms with van der Waals surface area (Å²) in [6, 6.07) is 22.8. The number of benzene rings is 3. The minimum atomic E-state index is -0.527. The molecule has 0 aliphatic carbocycles. The normalized spacial score (nSPS) is 20.1. The first-order valence-corrected chi connectivity index (χ1v) is 10.9. The van der Waals surface area contributed by atoms with Gasteiger partial charge in [-0.2, -0.15) is 0 Å². The summed E-state index contributed by atoms with van der Waals surface area (Å²) < 4.78 is 0. The van der Waals surface area contributed by atoms with Crippen LogP contribution in [-0.4, -0.2) is 27.9 Å². The number of hydrogen-bond acceptors (Lipinski definition) is 2. The fraction of sp³-hybridized carbons (Fsp3) is 0.185. The Labute approximate surface area is 186 Å². The van der Waals surface area contributed by atoms with E-state index >= 15 is 0 Å². The molecule has 6 rings (SSSR count). The maximum atomic E-state index is 13.8. The molecule has 1 fully saturated rings. The van der Waals surface area contributed by atoms with Gasteiger partial charge in [-0.25, -0.2) is 9.69 Å². The van der Waals surface area contributed by atoms with Crippen LogP contribution in [0.1, 0.15) is 34.0 Å². The first-order valence-electron chi connectivity index (χ1n) is 10.9. The van der Waals surface area contributed by atoms with Crippen LogP contribution in [0.15, 0.2) is 72.8 Å². The van der Waals surface area contributed by atoms with E-state index in [9.17, 15) is 9.59 Å². The number of H-pyrrole nitrogens is 1. The van der Waals surface area contributed by atoms with Gasteiger partial charge in [-0.15, -0.1) is 0 Å². The van der Waals surface area contributed by atoms with Gasteiger partial charge in [0.2, 0.25) is 0 Å². The Bertz CT molecular complexity index is 1390. The van der Waals surface area contributed by atoms with Crippen LogP contribution in [0.25, 0.3) is 10.9 Å². The SMILES string of the molecule is Cc1ccc([C@H]2c3[nH]c4ccccc4c3C[C@H]3C(=O)N(c4cccc(C)c4)C(=O)N23)cc1. The lowest BCUT2D eigenvalue weighted by Gasteiger charge is -2.36. The summed E-state index contributed by atoms with van der Waals surface area (Å²) in [7, 11) is 0. The van der Waals surface area contributed by atoms with Crippen LogP contribution in [0.3, 0.4) is 0 Å². The number of aromatic amines is 1. The molecular formula is C27H23N3O2. The van der Waals surface area contributed by atoms with Crippen molar-refractivity contribution in [2.75, 3.05) is 4.90 Å². The second-order valence-corrected chi connectivity index (χ2v) is 8.80. The number of nitrogens with zero attached hydrogens (tertiary/aromatic N) is 2. The van der Waals surface area contributed by atoms with Gasteiger partial charge in [-0.05, 0) is 48.7 Å². The van der Waals surface area contributed by atoms with Crippen molar-refractivity contribution in [2.45, 2.75) is 32.4 Å². The average molecular weight is 422 g/mol. The molecule has 0 radical (unpaired) electrons. The number of anilines is 1. The van der Waals surface area contributed by atoms with Crippen molar-refractivity contribution in [1.82, 2.24) is 9.88 Å². The third-order valence-electron chi connectivity index (χ3n) is 6.70. The fourth-order valence-electron chi connectivity index (χ4n) is 5.17. The first kappa shape index (κ1) is 18.9. The number of amides is 3. The highest BCUT2D eigenvalue weighted by Gasteiger charge is 2.53. The van der Waals surface area contributed by atoms with Crippen molar-refractivity contribution in [3.8, 4) is 0 Å². The van der Waals surface area contributed by atoms with Crippen molar-refractivity contribution in [2.24, 2.45) is 0 Å². The Morgan fingerprint density at radius 3 is 2.44 bits per heavy atom. The fourth-order valence-corrected chi connectivity index (χ4v) is 5.17. The van der Waals surface area contributed by atoms with Gasteiger partial charge >= 0.3 is 6.03 Å². The quantitative estimate of drug-likeness (QED) is 0.449. The number of aryl methyl sites for hydroxylation is 2. The molecule has 5 heteroatoms. The Kier molecular flexibility index (Phi) is 4.02. The number of rotatable bonds is 2. The summed E-state index contributed by atoms with van der Waals surface area (Å²) >= 11 is 0. The van der Waals surface area contributed by atoms with Crippen LogP contribution in [0.5, 0.6) is 0 Å². The van der Waals surface area contributed by atoms with Gasteiger partial charge in [-0.3, -0.25) is 9.69 Å². The van der Waals surface area contributed by atoms with E-state index in [1.807, 2.05) is 56.3 Å². The molecule has 2 aliphatic rings. The number of aromatic nitrogens is 1. The number of fused-ring (bicyclic) bond motifs is 4. The Morgan fingerprint density at radius 2 is 1.66 bits per heavy atom. The van der Waals surface area contributed by atoms with Crippen LogP contribution in [-0.2, 0) is 11.2 Å². The van der Waals surface area contributed by atoms with Crippen LogP contribution in [0, 0.1) is 13.8 Å². The molecule has 158 valence electrons. The van der Waals surface area contributed by atoms with Gasteiger partial charge in [-0.1, -0.05) is 60.2 Å². The number of urea groups is 1. The van der Waals surface area contributed by atoms with Crippen molar-refractivity contribution >= 4 is 28.5 Å². The molecule has 0 spiro atoms. The van der Waals surface area contributed by atoms with E-state index in [0.717, 1.165) is 38.9 Å². The summed E-state index contributed by atoms with van der Waals surface area (Å²) in [6.07, 6.45) is 0.509. The maximum Gasteiger partial charge on any atom is 0.332 e. The van der Waals surface area contributed by atoms with Gasteiger partial charge in [0.15, 0.2) is 0 Å². The lowest BCUT2D eigenvalue weighted by Crippen LogP contribution is -2.44. The number of carbonyl (C=O) groups excluding carboxylic acids is 2. The molecule has 1 aromatic heterocycles. The summed E-state index contributed by atoms with van der Waals surface area (Å²) in [5, 5.41) is 1.12. The number of nitrogens with one attached hydrogen (secondary N) is 1. The number of imide groups is 1. The number of hydrogen-bond donors (Lipinski definition) is 1. The molecule has 0 saturated carbocycles. The van der Waals surface area contributed by atoms with Crippen LogP contribution >= 0.6 is 0 Å². The maximum absolute atomic E-state index is 13.8. The highest BCUT2D eigenvalue weighted by atomic mass is 16.2. The minimum Gasteiger partial charge on any atom is -0.356 e. The van der Waals surface area contributed by atoms with Crippen LogP contribution < -0.4 is 4.90 Å². The summed E-state index contributed by atoms with van der Waals surface area (Å²) in [6.45, 7) is 4.01. The van der Waals surface area contributed by atoms with E-state index in [2.05, 4.69) is 35.3 Å². The zero-order chi connectivity index (χ0) is 22.0. The average Bonchev–Trinajstić information content (AvgIpc) is 3.28. The lowest BCUT2D eigenvalue weighted by atomic mass is 9.88. The molecule has 2 atom stereocenters. The predicted octanol–water partition coefficient (Wildman–Crippen LogP) is 5.27. The standard InChI is InChI=1S/C27H23N3O2/c1-16-10-12-18(13-11-16)25-24-21(20-8-3-4-9-22(20)28-24)15-23-26(31)29(27(32)30(23)25)19-7-5-6-17(2)14-19/h3-14,23,25,28H,15H2,1-2H3/t23-,25-/m0/s1. The molecule has 1 N–H and O–H groups in total. The van der Waals surface area contributed by atoms with Gasteiger partial charge in [0.25, 0.3) is 5.91 Å². The van der Waals surface area contributed by atoms with E-state index in [4.69, 9.17) is 0 Å². The molecule has 32 heavy (non-hydrogen) atoms. The van der Waals surface area contributed by atoms with E-state index < -0.39 is 6.04 Å². The molecule has 2 aliphatic heterocycles. The molecule has 1 saturated heterocycles. The predicted molar refractivity (Wildman–Crippen MR) is 125 cm³/mol. The summed E-state index contributed by atoms with van der Waals surface area (Å²) in [5.74, 6) is -0.159. The van der Waals surface area contributed by atoms with Gasteiger partial charge in [0.1, 0.15) is 12.1 Å². The van der Waals surface area contributed by atoms with E-state index in [-0.39, 0.29) is 18.0 Å².